The molecule has 3 aromatic heterocycles. The first-order valence-electron chi connectivity index (χ1n) is 7.90. The van der Waals surface area contributed by atoms with Crippen LogP contribution in [0.15, 0.2) is 24.8 Å². The SMILES string of the molecule is CCNc1ncc(-c2nccn2-c2c(C)nn(CCO)c2C)cn1. The number of anilines is 1. The fourth-order valence-electron chi connectivity index (χ4n) is 2.74. The Balaban J connectivity index is 2.02. The number of aromatic nitrogens is 6. The molecular weight excluding hydrogens is 306 g/mol. The first-order chi connectivity index (χ1) is 11.7. The summed E-state index contributed by atoms with van der Waals surface area (Å²) in [6, 6.07) is 0. The number of rotatable bonds is 6. The van der Waals surface area contributed by atoms with E-state index in [4.69, 9.17) is 0 Å². The maximum atomic E-state index is 9.17. The molecule has 24 heavy (non-hydrogen) atoms. The van der Waals surface area contributed by atoms with E-state index in [1.54, 1.807) is 23.3 Å². The maximum absolute atomic E-state index is 9.17. The second-order valence-corrected chi connectivity index (χ2v) is 5.41. The van der Waals surface area contributed by atoms with Crippen molar-refractivity contribution in [1.29, 1.82) is 0 Å². The van der Waals surface area contributed by atoms with E-state index in [1.165, 1.54) is 0 Å². The van der Waals surface area contributed by atoms with E-state index in [-0.39, 0.29) is 6.61 Å². The Morgan fingerprint density at radius 1 is 1.17 bits per heavy atom. The predicted octanol–water partition coefficient (Wildman–Crippen LogP) is 1.57. The van der Waals surface area contributed by atoms with Gasteiger partial charge < -0.3 is 10.4 Å². The smallest absolute Gasteiger partial charge is 0.222 e. The number of aliphatic hydroxyl groups excluding tert-OH is 1. The Labute approximate surface area is 140 Å². The van der Waals surface area contributed by atoms with Gasteiger partial charge in [-0.1, -0.05) is 0 Å². The monoisotopic (exact) mass is 327 g/mol. The van der Waals surface area contributed by atoms with Gasteiger partial charge in [0, 0.05) is 31.3 Å². The number of aryl methyl sites for hydroxylation is 1. The quantitative estimate of drug-likeness (QED) is 0.714. The van der Waals surface area contributed by atoms with Crippen molar-refractivity contribution in [2.75, 3.05) is 18.5 Å². The van der Waals surface area contributed by atoms with Gasteiger partial charge in [-0.3, -0.25) is 9.25 Å². The zero-order valence-electron chi connectivity index (χ0n) is 14.1. The summed E-state index contributed by atoms with van der Waals surface area (Å²) < 4.78 is 3.79. The lowest BCUT2D eigenvalue weighted by molar-refractivity contribution is 0.268. The van der Waals surface area contributed by atoms with Gasteiger partial charge in [-0.2, -0.15) is 5.10 Å². The first-order valence-corrected chi connectivity index (χ1v) is 7.90. The number of nitrogens with zero attached hydrogens (tertiary/aromatic N) is 6. The Kier molecular flexibility index (Phi) is 4.57. The molecule has 0 aliphatic rings. The standard InChI is InChI=1S/C16H21N7O/c1-4-17-16-19-9-13(10-20-16)15-18-5-6-22(15)14-11(2)21-23(7-8-24)12(14)3/h5-6,9-10,24H,4,7-8H2,1-3H3,(H,17,19,20). The summed E-state index contributed by atoms with van der Waals surface area (Å²) in [6.07, 6.45) is 7.16. The highest BCUT2D eigenvalue weighted by Gasteiger charge is 2.17. The van der Waals surface area contributed by atoms with Gasteiger partial charge in [-0.25, -0.2) is 15.0 Å². The van der Waals surface area contributed by atoms with Gasteiger partial charge in [-0.05, 0) is 20.8 Å². The summed E-state index contributed by atoms with van der Waals surface area (Å²) in [4.78, 5) is 13.1. The molecular formula is C16H21N7O. The van der Waals surface area contributed by atoms with Crippen LogP contribution in [-0.2, 0) is 6.54 Å². The molecule has 3 aromatic rings. The van der Waals surface area contributed by atoms with Crippen molar-refractivity contribution in [2.45, 2.75) is 27.3 Å². The Morgan fingerprint density at radius 3 is 2.58 bits per heavy atom. The molecule has 0 amide bonds. The van der Waals surface area contributed by atoms with Crippen LogP contribution in [-0.4, -0.2) is 47.6 Å². The third-order valence-corrected chi connectivity index (χ3v) is 3.78. The number of nitrogens with one attached hydrogen (secondary N) is 1. The van der Waals surface area contributed by atoms with Gasteiger partial charge in [0.2, 0.25) is 5.95 Å². The predicted molar refractivity (Wildman–Crippen MR) is 91.1 cm³/mol. The molecule has 0 spiro atoms. The number of hydrogen-bond donors (Lipinski definition) is 2. The summed E-state index contributed by atoms with van der Waals surface area (Å²) >= 11 is 0. The van der Waals surface area contributed by atoms with Gasteiger partial charge in [0.25, 0.3) is 0 Å². The van der Waals surface area contributed by atoms with Crippen LogP contribution in [0.3, 0.4) is 0 Å². The minimum absolute atomic E-state index is 0.0535. The molecule has 8 nitrogen and oxygen atoms in total. The molecule has 0 radical (unpaired) electrons. The lowest BCUT2D eigenvalue weighted by Gasteiger charge is -2.09. The second kappa shape index (κ2) is 6.79. The Morgan fingerprint density at radius 2 is 1.92 bits per heavy atom. The Bertz CT molecular complexity index is 820. The van der Waals surface area contributed by atoms with Gasteiger partial charge in [0.05, 0.1) is 35.8 Å². The topological polar surface area (TPSA) is 93.7 Å². The largest absolute Gasteiger partial charge is 0.394 e. The molecule has 0 atom stereocenters. The first kappa shape index (κ1) is 16.1. The van der Waals surface area contributed by atoms with Gasteiger partial charge in [0.1, 0.15) is 5.82 Å². The van der Waals surface area contributed by atoms with E-state index in [2.05, 4.69) is 25.4 Å². The molecule has 0 fully saturated rings. The summed E-state index contributed by atoms with van der Waals surface area (Å²) in [5.74, 6) is 1.36. The van der Waals surface area contributed by atoms with Crippen molar-refractivity contribution in [2.24, 2.45) is 0 Å². The van der Waals surface area contributed by atoms with Crippen LogP contribution >= 0.6 is 0 Å². The third-order valence-electron chi connectivity index (χ3n) is 3.78. The van der Waals surface area contributed by atoms with E-state index in [9.17, 15) is 5.11 Å². The van der Waals surface area contributed by atoms with E-state index >= 15 is 0 Å². The highest BCUT2D eigenvalue weighted by molar-refractivity contribution is 5.59. The van der Waals surface area contributed by atoms with Crippen molar-refractivity contribution >= 4 is 5.95 Å². The van der Waals surface area contributed by atoms with E-state index in [0.29, 0.717) is 12.5 Å². The lowest BCUT2D eigenvalue weighted by Crippen LogP contribution is -2.07. The average Bonchev–Trinajstić information content (AvgIpc) is 3.14. The zero-order valence-corrected chi connectivity index (χ0v) is 14.1. The minimum Gasteiger partial charge on any atom is -0.394 e. The second-order valence-electron chi connectivity index (χ2n) is 5.41. The van der Waals surface area contributed by atoms with Crippen LogP contribution in [0.4, 0.5) is 5.95 Å². The van der Waals surface area contributed by atoms with Gasteiger partial charge >= 0.3 is 0 Å². The third kappa shape index (κ3) is 2.88. The lowest BCUT2D eigenvalue weighted by atomic mass is 10.2. The van der Waals surface area contributed by atoms with Crippen molar-refractivity contribution < 1.29 is 5.11 Å². The number of imidazole rings is 1. The molecule has 126 valence electrons. The van der Waals surface area contributed by atoms with Crippen LogP contribution in [0.2, 0.25) is 0 Å². The molecule has 0 aromatic carbocycles. The van der Waals surface area contributed by atoms with Gasteiger partial charge in [0.15, 0.2) is 0 Å². The molecule has 0 saturated heterocycles. The van der Waals surface area contributed by atoms with Gasteiger partial charge in [-0.15, -0.1) is 0 Å². The number of hydrogen-bond acceptors (Lipinski definition) is 6. The van der Waals surface area contributed by atoms with E-state index < -0.39 is 0 Å². The molecule has 0 aliphatic heterocycles. The summed E-state index contributed by atoms with van der Waals surface area (Å²) in [7, 11) is 0. The molecule has 2 N–H and O–H groups in total. The van der Waals surface area contributed by atoms with Crippen LogP contribution in [0.1, 0.15) is 18.3 Å². The molecule has 0 unspecified atom stereocenters. The molecule has 8 heteroatoms. The summed E-state index contributed by atoms with van der Waals surface area (Å²) in [5.41, 5.74) is 3.65. The maximum Gasteiger partial charge on any atom is 0.222 e. The van der Waals surface area contributed by atoms with Crippen molar-refractivity contribution in [3.63, 3.8) is 0 Å². The zero-order chi connectivity index (χ0) is 17.1. The van der Waals surface area contributed by atoms with E-state index in [1.807, 2.05) is 31.5 Å². The average molecular weight is 327 g/mol. The molecule has 0 saturated carbocycles. The molecule has 3 rings (SSSR count). The molecule has 3 heterocycles. The van der Waals surface area contributed by atoms with Crippen LogP contribution in [0.5, 0.6) is 0 Å². The molecule has 0 bridgehead atoms. The van der Waals surface area contributed by atoms with Crippen LogP contribution in [0, 0.1) is 13.8 Å². The van der Waals surface area contributed by atoms with Crippen molar-refractivity contribution in [1.82, 2.24) is 29.3 Å². The van der Waals surface area contributed by atoms with Crippen molar-refractivity contribution in [3.05, 3.63) is 36.2 Å². The Hall–Kier alpha value is -2.74. The van der Waals surface area contributed by atoms with Crippen LogP contribution in [0.25, 0.3) is 17.1 Å². The molecule has 0 aliphatic carbocycles. The number of aliphatic hydroxyl groups is 1. The van der Waals surface area contributed by atoms with Crippen molar-refractivity contribution in [3.8, 4) is 17.1 Å². The summed E-state index contributed by atoms with van der Waals surface area (Å²) in [5, 5.41) is 16.7. The highest BCUT2D eigenvalue weighted by atomic mass is 16.3. The normalized spacial score (nSPS) is 11.0. The fourth-order valence-corrected chi connectivity index (χ4v) is 2.74. The minimum atomic E-state index is 0.0535. The fraction of sp³-hybridized carbons (Fsp3) is 0.375. The van der Waals surface area contributed by atoms with Crippen LogP contribution < -0.4 is 5.32 Å². The highest BCUT2D eigenvalue weighted by Crippen LogP contribution is 2.25. The van der Waals surface area contributed by atoms with E-state index in [0.717, 1.165) is 35.0 Å². The summed E-state index contributed by atoms with van der Waals surface area (Å²) in [6.45, 7) is 7.23.